The van der Waals surface area contributed by atoms with Crippen LogP contribution in [-0.4, -0.2) is 15.4 Å². The van der Waals surface area contributed by atoms with Gasteiger partial charge in [-0.1, -0.05) is 18.2 Å². The van der Waals surface area contributed by atoms with Gasteiger partial charge >= 0.3 is 0 Å². The van der Waals surface area contributed by atoms with E-state index in [1.54, 1.807) is 0 Å². The highest BCUT2D eigenvalue weighted by Crippen LogP contribution is 2.07. The lowest BCUT2D eigenvalue weighted by Crippen LogP contribution is -1.82. The third kappa shape index (κ3) is 0.757. The van der Waals surface area contributed by atoms with Gasteiger partial charge in [-0.2, -0.15) is 15.4 Å². The summed E-state index contributed by atoms with van der Waals surface area (Å²) in [4.78, 5) is 0. The van der Waals surface area contributed by atoms with Crippen molar-refractivity contribution in [2.75, 3.05) is 0 Å². The van der Waals surface area contributed by atoms with Crippen LogP contribution in [0.1, 0.15) is 11.4 Å². The van der Waals surface area contributed by atoms with Crippen molar-refractivity contribution in [2.45, 2.75) is 6.42 Å². The molecule has 0 unspecified atom stereocenters. The summed E-state index contributed by atoms with van der Waals surface area (Å²) < 4.78 is 0. The van der Waals surface area contributed by atoms with E-state index in [4.69, 9.17) is 0 Å². The minimum absolute atomic E-state index is 0.874. The van der Waals surface area contributed by atoms with Crippen LogP contribution in [0.15, 0.2) is 18.2 Å². The van der Waals surface area contributed by atoms with Gasteiger partial charge in [0.25, 0.3) is 0 Å². The van der Waals surface area contributed by atoms with E-state index < -0.39 is 0 Å². The lowest BCUT2D eigenvalue weighted by atomic mass is 10.2. The van der Waals surface area contributed by atoms with Crippen molar-refractivity contribution >= 4 is 6.08 Å². The number of nitrogens with one attached hydrogen (secondary N) is 1. The molecular weight excluding hydrogens is 126 g/mol. The van der Waals surface area contributed by atoms with E-state index in [9.17, 15) is 0 Å². The molecule has 0 atom stereocenters. The van der Waals surface area contributed by atoms with Crippen LogP contribution in [0, 0.1) is 0 Å². The Balaban J connectivity index is 2.50. The highest BCUT2D eigenvalue weighted by Gasteiger charge is 2.02. The van der Waals surface area contributed by atoms with Crippen LogP contribution in [0.5, 0.6) is 0 Å². The zero-order valence-corrected chi connectivity index (χ0v) is 5.41. The third-order valence-electron chi connectivity index (χ3n) is 1.46. The molecule has 1 aliphatic carbocycles. The fourth-order valence-electron chi connectivity index (χ4n) is 0.950. The number of fused-ring (bicyclic) bond motifs is 1. The topological polar surface area (TPSA) is 41.6 Å². The number of rotatable bonds is 0. The molecule has 1 N–H and O–H groups in total. The SMILES string of the molecule is C1=CCc2n[nH]nc2C=C1. The van der Waals surface area contributed by atoms with E-state index in [-0.39, 0.29) is 0 Å². The monoisotopic (exact) mass is 133 g/mol. The average molecular weight is 133 g/mol. The molecule has 1 aromatic rings. The van der Waals surface area contributed by atoms with Gasteiger partial charge in [0, 0.05) is 6.42 Å². The molecule has 50 valence electrons. The maximum atomic E-state index is 3.98. The van der Waals surface area contributed by atoms with Crippen LogP contribution in [0.2, 0.25) is 0 Å². The molecule has 0 spiro atoms. The van der Waals surface area contributed by atoms with Crippen molar-refractivity contribution in [3.63, 3.8) is 0 Å². The second kappa shape index (κ2) is 2.10. The smallest absolute Gasteiger partial charge is 0.109 e. The van der Waals surface area contributed by atoms with Crippen molar-refractivity contribution in [3.8, 4) is 0 Å². The normalized spacial score (nSPS) is 14.8. The predicted molar refractivity (Wildman–Crippen MR) is 38.3 cm³/mol. The van der Waals surface area contributed by atoms with E-state index in [0.29, 0.717) is 0 Å². The van der Waals surface area contributed by atoms with Crippen LogP contribution in [-0.2, 0) is 6.42 Å². The van der Waals surface area contributed by atoms with Crippen LogP contribution >= 0.6 is 0 Å². The molecule has 0 saturated heterocycles. The van der Waals surface area contributed by atoms with Crippen LogP contribution in [0.25, 0.3) is 6.08 Å². The highest BCUT2D eigenvalue weighted by molar-refractivity contribution is 5.50. The molecule has 0 saturated carbocycles. The van der Waals surface area contributed by atoms with Crippen LogP contribution in [0.4, 0.5) is 0 Å². The Bertz CT molecular complexity index is 283. The first-order valence-electron chi connectivity index (χ1n) is 3.19. The zero-order chi connectivity index (χ0) is 6.81. The number of allylic oxidation sites excluding steroid dienone is 3. The van der Waals surface area contributed by atoms with Crippen molar-refractivity contribution < 1.29 is 0 Å². The maximum absolute atomic E-state index is 3.98. The van der Waals surface area contributed by atoms with E-state index in [0.717, 1.165) is 17.8 Å². The Morgan fingerprint density at radius 1 is 1.30 bits per heavy atom. The zero-order valence-electron chi connectivity index (χ0n) is 5.41. The second-order valence-electron chi connectivity index (χ2n) is 2.15. The molecule has 2 rings (SSSR count). The lowest BCUT2D eigenvalue weighted by molar-refractivity contribution is 0.918. The molecule has 0 amide bonds. The van der Waals surface area contributed by atoms with Gasteiger partial charge in [-0.3, -0.25) is 0 Å². The second-order valence-corrected chi connectivity index (χ2v) is 2.15. The summed E-state index contributed by atoms with van der Waals surface area (Å²) in [6.07, 6.45) is 8.85. The Labute approximate surface area is 58.5 Å². The van der Waals surface area contributed by atoms with Gasteiger partial charge < -0.3 is 0 Å². The minimum Gasteiger partial charge on any atom is -0.197 e. The Morgan fingerprint density at radius 3 is 3.30 bits per heavy atom. The van der Waals surface area contributed by atoms with Gasteiger partial charge in [0.2, 0.25) is 0 Å². The number of aromatic nitrogens is 3. The molecular formula is C7H7N3. The van der Waals surface area contributed by atoms with E-state index in [1.165, 1.54) is 0 Å². The summed E-state index contributed by atoms with van der Waals surface area (Å²) in [5.41, 5.74) is 1.97. The fraction of sp³-hybridized carbons (Fsp3) is 0.143. The van der Waals surface area contributed by atoms with Gasteiger partial charge in [-0.15, -0.1) is 0 Å². The van der Waals surface area contributed by atoms with Crippen molar-refractivity contribution in [2.24, 2.45) is 0 Å². The largest absolute Gasteiger partial charge is 0.197 e. The fourth-order valence-corrected chi connectivity index (χ4v) is 0.950. The Morgan fingerprint density at radius 2 is 2.30 bits per heavy atom. The van der Waals surface area contributed by atoms with Crippen molar-refractivity contribution in [3.05, 3.63) is 29.6 Å². The van der Waals surface area contributed by atoms with E-state index >= 15 is 0 Å². The van der Waals surface area contributed by atoms with Crippen LogP contribution in [0.3, 0.4) is 0 Å². The average Bonchev–Trinajstić information content (AvgIpc) is 2.28. The molecule has 0 bridgehead atoms. The molecule has 1 aliphatic rings. The molecule has 0 radical (unpaired) electrons. The van der Waals surface area contributed by atoms with Gasteiger partial charge in [0.15, 0.2) is 0 Å². The van der Waals surface area contributed by atoms with Gasteiger partial charge in [0.1, 0.15) is 5.69 Å². The number of hydrogen-bond acceptors (Lipinski definition) is 2. The molecule has 3 heteroatoms. The summed E-state index contributed by atoms with van der Waals surface area (Å²) in [5.74, 6) is 0. The molecule has 3 nitrogen and oxygen atoms in total. The van der Waals surface area contributed by atoms with E-state index in [1.807, 2.05) is 18.2 Å². The third-order valence-corrected chi connectivity index (χ3v) is 1.46. The molecule has 0 aromatic carbocycles. The number of hydrogen-bond donors (Lipinski definition) is 1. The Kier molecular flexibility index (Phi) is 1.13. The number of nitrogens with zero attached hydrogens (tertiary/aromatic N) is 2. The Hall–Kier alpha value is -1.38. The molecule has 1 aromatic heterocycles. The summed E-state index contributed by atoms with van der Waals surface area (Å²) in [6, 6.07) is 0. The first kappa shape index (κ1) is 5.41. The summed E-state index contributed by atoms with van der Waals surface area (Å²) in [7, 11) is 0. The van der Waals surface area contributed by atoms with Gasteiger partial charge in [0.05, 0.1) is 5.69 Å². The molecule has 1 heterocycles. The lowest BCUT2D eigenvalue weighted by Gasteiger charge is -1.84. The highest BCUT2D eigenvalue weighted by atomic mass is 15.3. The minimum atomic E-state index is 0.874. The van der Waals surface area contributed by atoms with Crippen molar-refractivity contribution in [1.82, 2.24) is 15.4 Å². The van der Waals surface area contributed by atoms with E-state index in [2.05, 4.69) is 21.5 Å². The first-order valence-corrected chi connectivity index (χ1v) is 3.19. The molecule has 0 aliphatic heterocycles. The quantitative estimate of drug-likeness (QED) is 0.572. The number of aromatic amines is 1. The molecule has 0 fully saturated rings. The molecule has 10 heavy (non-hydrogen) atoms. The first-order chi connectivity index (χ1) is 4.97. The number of H-pyrrole nitrogens is 1. The van der Waals surface area contributed by atoms with Gasteiger partial charge in [-0.25, -0.2) is 0 Å². The maximum Gasteiger partial charge on any atom is 0.109 e. The summed E-state index contributed by atoms with van der Waals surface area (Å²) in [6.45, 7) is 0. The predicted octanol–water partition coefficient (Wildman–Crippen LogP) is 0.930. The summed E-state index contributed by atoms with van der Waals surface area (Å²) in [5, 5.41) is 10.5. The standard InChI is InChI=1S/C7H7N3/c1-2-4-6-7(5-3-1)9-10-8-6/h1-4H,5H2,(H,8,9,10). The van der Waals surface area contributed by atoms with Crippen molar-refractivity contribution in [1.29, 1.82) is 0 Å². The van der Waals surface area contributed by atoms with Gasteiger partial charge in [-0.05, 0) is 6.08 Å². The summed E-state index contributed by atoms with van der Waals surface area (Å²) >= 11 is 0. The van der Waals surface area contributed by atoms with Crippen LogP contribution < -0.4 is 0 Å².